The lowest BCUT2D eigenvalue weighted by molar-refractivity contribution is -0.126. The van der Waals surface area contributed by atoms with Crippen molar-refractivity contribution in [2.45, 2.75) is 26.8 Å². The Morgan fingerprint density at radius 3 is 2.44 bits per heavy atom. The molecule has 4 heterocycles. The molecule has 0 saturated carbocycles. The first kappa shape index (κ1) is 32.8. The van der Waals surface area contributed by atoms with Crippen molar-refractivity contribution in [2.24, 2.45) is 16.8 Å². The molecule has 1 unspecified atom stereocenters. The molecule has 3 aromatic rings. The number of carbonyl (C=O) groups excluding carboxylic acids is 1. The van der Waals surface area contributed by atoms with E-state index in [0.717, 1.165) is 0 Å². The number of fused-ring (bicyclic) bond motifs is 1. The monoisotopic (exact) mass is 690 g/mol. The van der Waals surface area contributed by atoms with Gasteiger partial charge in [0.05, 0.1) is 33.0 Å². The van der Waals surface area contributed by atoms with E-state index in [9.17, 15) is 20.0 Å². The van der Waals surface area contributed by atoms with E-state index in [2.05, 4.69) is 17.6 Å². The number of benzene rings is 1. The van der Waals surface area contributed by atoms with Gasteiger partial charge in [0.2, 0.25) is 5.91 Å². The summed E-state index contributed by atoms with van der Waals surface area (Å²) < 4.78 is 16.4. The molecule has 1 amide bonds. The fourth-order valence-corrected chi connectivity index (χ4v) is 6.77. The normalized spacial score (nSPS) is 18.4. The van der Waals surface area contributed by atoms with Gasteiger partial charge in [0.25, 0.3) is 5.56 Å². The molecule has 0 spiro atoms. The number of anilines is 1. The zero-order valence-corrected chi connectivity index (χ0v) is 27.4. The molecule has 45 heavy (non-hydrogen) atoms. The summed E-state index contributed by atoms with van der Waals surface area (Å²) in [7, 11) is 0. The van der Waals surface area contributed by atoms with Crippen molar-refractivity contribution >= 4 is 74.7 Å². The van der Waals surface area contributed by atoms with Crippen molar-refractivity contribution in [1.82, 2.24) is 14.5 Å². The number of piperazine rings is 1. The summed E-state index contributed by atoms with van der Waals surface area (Å²) in [6.07, 6.45) is 4.76. The van der Waals surface area contributed by atoms with Crippen LogP contribution in [0, 0.1) is 29.0 Å². The van der Waals surface area contributed by atoms with Crippen LogP contribution in [0.2, 0.25) is 20.1 Å². The van der Waals surface area contributed by atoms with Gasteiger partial charge in [-0.1, -0.05) is 79.8 Å². The van der Waals surface area contributed by atoms with Crippen LogP contribution in [0.4, 0.5) is 10.1 Å². The van der Waals surface area contributed by atoms with E-state index in [4.69, 9.17) is 51.4 Å². The van der Waals surface area contributed by atoms with Crippen molar-refractivity contribution in [3.63, 3.8) is 0 Å². The minimum absolute atomic E-state index is 0.0670. The highest BCUT2D eigenvalue weighted by Gasteiger charge is 2.35. The van der Waals surface area contributed by atoms with Crippen LogP contribution >= 0.6 is 46.4 Å². The first-order valence-electron chi connectivity index (χ1n) is 14.0. The second-order valence-corrected chi connectivity index (χ2v) is 12.6. The van der Waals surface area contributed by atoms with Crippen LogP contribution in [0.3, 0.4) is 0 Å². The van der Waals surface area contributed by atoms with Gasteiger partial charge in [0, 0.05) is 49.4 Å². The van der Waals surface area contributed by atoms with E-state index >= 15 is 4.39 Å². The van der Waals surface area contributed by atoms with Gasteiger partial charge in [-0.2, -0.15) is 5.26 Å². The first-order valence-corrected chi connectivity index (χ1v) is 15.5. The summed E-state index contributed by atoms with van der Waals surface area (Å²) in [4.78, 5) is 39.5. The Kier molecular flexibility index (Phi) is 9.20. The summed E-state index contributed by atoms with van der Waals surface area (Å²) in [5, 5.41) is 20.0. The minimum Gasteiger partial charge on any atom is -0.506 e. The standard InChI is InChI=1S/C31H27Cl4FN6O3/c1-5-19(43)40-8-10-41(11-9-40)28-16-12-18(32)26(20-21(33)24(36)22(34)23(35)29(20)44)39-30(16)42(31(45)17(28)13-37)27-15(4)6-7-38-25(27)14(2)3/h5-7,12,14-15,27,44H,1,8-11H2,2-4H3/t15-,27?/m1/s1. The van der Waals surface area contributed by atoms with Crippen molar-refractivity contribution in [1.29, 1.82) is 5.26 Å². The number of pyridine rings is 2. The number of aliphatic imine (C=N–C) groups is 1. The number of phenols is 1. The molecule has 2 aromatic heterocycles. The van der Waals surface area contributed by atoms with Crippen molar-refractivity contribution in [3.05, 3.63) is 72.8 Å². The van der Waals surface area contributed by atoms with E-state index in [0.29, 0.717) is 37.3 Å². The molecule has 14 heteroatoms. The van der Waals surface area contributed by atoms with Crippen molar-refractivity contribution < 1.29 is 14.3 Å². The van der Waals surface area contributed by atoms with Gasteiger partial charge in [0.1, 0.15) is 33.1 Å². The van der Waals surface area contributed by atoms with Crippen LogP contribution in [0.1, 0.15) is 32.4 Å². The Bertz CT molecular complexity index is 1900. The number of allylic oxidation sites excluding steroid dienone is 1. The second-order valence-electron chi connectivity index (χ2n) is 11.1. The third-order valence-electron chi connectivity index (χ3n) is 8.07. The summed E-state index contributed by atoms with van der Waals surface area (Å²) in [5.74, 6) is -2.29. The highest BCUT2D eigenvalue weighted by Crippen LogP contribution is 2.49. The molecule has 2 aliphatic rings. The number of nitriles is 1. The molecule has 1 saturated heterocycles. The Labute approximate surface area is 278 Å². The predicted molar refractivity (Wildman–Crippen MR) is 176 cm³/mol. The van der Waals surface area contributed by atoms with Gasteiger partial charge in [-0.3, -0.25) is 19.1 Å². The SMILES string of the molecule is C=CC(=O)N1CCN(c2c(C#N)c(=O)n(C3C(C(C)C)=NC=C[C@H]3C)c3nc(-c4c(O)c(Cl)c(Cl)c(F)c4Cl)c(Cl)cc23)CC1. The molecule has 0 bridgehead atoms. The van der Waals surface area contributed by atoms with E-state index in [1.165, 1.54) is 16.7 Å². The van der Waals surface area contributed by atoms with E-state index < -0.39 is 38.2 Å². The number of carbonyl (C=O) groups is 1. The fourth-order valence-electron chi connectivity index (χ4n) is 5.84. The highest BCUT2D eigenvalue weighted by molar-refractivity contribution is 6.46. The summed E-state index contributed by atoms with van der Waals surface area (Å²) in [6.45, 7) is 10.6. The van der Waals surface area contributed by atoms with Crippen molar-refractivity contribution in [2.75, 3.05) is 31.1 Å². The van der Waals surface area contributed by atoms with Crippen LogP contribution in [-0.2, 0) is 4.79 Å². The van der Waals surface area contributed by atoms with Crippen molar-refractivity contribution in [3.8, 4) is 23.1 Å². The molecule has 1 aromatic carbocycles. The van der Waals surface area contributed by atoms with Gasteiger partial charge in [-0.05, 0) is 18.1 Å². The number of aromatic nitrogens is 2. The number of hydrogen-bond acceptors (Lipinski definition) is 7. The number of hydrogen-bond donors (Lipinski definition) is 1. The minimum atomic E-state index is -1.08. The number of phenolic OH excluding ortho intramolecular Hbond substituents is 1. The number of rotatable bonds is 5. The fraction of sp³-hybridized carbons (Fsp3) is 0.323. The Hall–Kier alpha value is -3.62. The zero-order valence-electron chi connectivity index (χ0n) is 24.4. The van der Waals surface area contributed by atoms with Crippen LogP contribution in [0.15, 0.2) is 40.8 Å². The Morgan fingerprint density at radius 1 is 1.18 bits per heavy atom. The largest absolute Gasteiger partial charge is 0.506 e. The van der Waals surface area contributed by atoms with Crippen LogP contribution < -0.4 is 10.5 Å². The average Bonchev–Trinajstić information content (AvgIpc) is 3.02. The topological polar surface area (TPSA) is 115 Å². The van der Waals surface area contributed by atoms with Crippen LogP contribution in [-0.4, -0.2) is 57.4 Å². The molecule has 0 aliphatic carbocycles. The molecule has 2 atom stereocenters. The molecule has 9 nitrogen and oxygen atoms in total. The molecule has 5 rings (SSSR count). The summed E-state index contributed by atoms with van der Waals surface area (Å²) in [6, 6.07) is 2.95. The zero-order chi connectivity index (χ0) is 32.9. The predicted octanol–water partition coefficient (Wildman–Crippen LogP) is 7.03. The molecule has 1 N–H and O–H groups in total. The van der Waals surface area contributed by atoms with Gasteiger partial charge >= 0.3 is 0 Å². The smallest absolute Gasteiger partial charge is 0.272 e. The quantitative estimate of drug-likeness (QED) is 0.175. The number of nitrogens with zero attached hydrogens (tertiary/aromatic N) is 6. The molecule has 1 fully saturated rings. The Morgan fingerprint density at radius 2 is 1.84 bits per heavy atom. The lowest BCUT2D eigenvalue weighted by Crippen LogP contribution is -2.49. The van der Waals surface area contributed by atoms with E-state index in [1.807, 2.05) is 31.7 Å². The highest BCUT2D eigenvalue weighted by atomic mass is 35.5. The maximum absolute atomic E-state index is 15.0. The molecular weight excluding hydrogens is 665 g/mol. The summed E-state index contributed by atoms with van der Waals surface area (Å²) in [5.41, 5.74) is -0.160. The average molecular weight is 692 g/mol. The Balaban J connectivity index is 1.88. The molecular formula is C31H27Cl4FN6O3. The maximum atomic E-state index is 15.0. The third-order valence-corrected chi connectivity index (χ3v) is 9.53. The number of halogens is 5. The maximum Gasteiger partial charge on any atom is 0.272 e. The van der Waals surface area contributed by atoms with Gasteiger partial charge in [-0.25, -0.2) is 9.37 Å². The lowest BCUT2D eigenvalue weighted by atomic mass is 9.88. The number of amides is 1. The van der Waals surface area contributed by atoms with Gasteiger partial charge in [-0.15, -0.1) is 0 Å². The lowest BCUT2D eigenvalue weighted by Gasteiger charge is -2.37. The first-order chi connectivity index (χ1) is 21.3. The molecule has 0 radical (unpaired) electrons. The van der Waals surface area contributed by atoms with Crippen LogP contribution in [0.25, 0.3) is 22.3 Å². The third kappa shape index (κ3) is 5.46. The molecule has 2 aliphatic heterocycles. The van der Waals surface area contributed by atoms with Gasteiger partial charge < -0.3 is 14.9 Å². The van der Waals surface area contributed by atoms with E-state index in [-0.39, 0.29) is 50.9 Å². The summed E-state index contributed by atoms with van der Waals surface area (Å²) >= 11 is 25.2. The van der Waals surface area contributed by atoms with Gasteiger partial charge in [0.15, 0.2) is 5.82 Å². The number of aromatic hydroxyl groups is 1. The molecule has 234 valence electrons. The van der Waals surface area contributed by atoms with E-state index in [1.54, 1.807) is 11.1 Å². The second kappa shape index (κ2) is 12.6. The van der Waals surface area contributed by atoms with Crippen LogP contribution in [0.5, 0.6) is 5.75 Å².